The molecule has 4 aromatic heterocycles. The molecule has 5 heterocycles. The molecule has 4 N–H and O–H groups in total. The van der Waals surface area contributed by atoms with Gasteiger partial charge >= 0.3 is 0 Å². The van der Waals surface area contributed by atoms with Crippen molar-refractivity contribution in [3.63, 3.8) is 0 Å². The zero-order valence-electron chi connectivity index (χ0n) is 28.3. The molecule has 1 aliphatic heterocycles. The second-order valence-electron chi connectivity index (χ2n) is 13.4. The maximum Gasteiger partial charge on any atom is 0.277 e. The standard InChI is InChI=1S/C36H37Cl3N8O4/c1-36(50)13-21(14-36)42-17-29-45-47-18-19(11-28(47)35(49)46(29)2)33-32(39)23(9-10-41-33)22-5-4-6-24(31(22)38)27-12-26(37)25(34(44-27)51-3)16-40-15-20-7-8-30(48)43-20/h4-6,9-12,18,20-21,40,42,50H,7-8,13-17H2,1-3H3,(H,43,48)/t20-,21?,36?/m1/s1. The summed E-state index contributed by atoms with van der Waals surface area (Å²) in [7, 11) is 3.23. The molecule has 2 fully saturated rings. The van der Waals surface area contributed by atoms with Gasteiger partial charge in [-0.1, -0.05) is 53.0 Å². The second kappa shape index (κ2) is 14.2. The smallest absolute Gasteiger partial charge is 0.277 e. The largest absolute Gasteiger partial charge is 0.481 e. The zero-order valence-corrected chi connectivity index (χ0v) is 30.5. The first-order valence-electron chi connectivity index (χ1n) is 16.6. The fourth-order valence-corrected chi connectivity index (χ4v) is 7.72. The summed E-state index contributed by atoms with van der Waals surface area (Å²) in [5.41, 5.74) is 3.76. The van der Waals surface area contributed by atoms with Crippen molar-refractivity contribution in [1.29, 1.82) is 0 Å². The minimum Gasteiger partial charge on any atom is -0.481 e. The molecule has 0 bridgehead atoms. The highest BCUT2D eigenvalue weighted by molar-refractivity contribution is 6.39. The number of carbonyl (C=O) groups excluding carboxylic acids is 1. The number of rotatable bonds is 11. The van der Waals surface area contributed by atoms with Gasteiger partial charge in [-0.2, -0.15) is 5.10 Å². The number of amides is 1. The van der Waals surface area contributed by atoms with Crippen LogP contribution in [0.25, 0.3) is 39.2 Å². The summed E-state index contributed by atoms with van der Waals surface area (Å²) in [5, 5.41) is 25.6. The second-order valence-corrected chi connectivity index (χ2v) is 14.6. The maximum absolute atomic E-state index is 13.3. The Balaban J connectivity index is 1.16. The van der Waals surface area contributed by atoms with Gasteiger partial charge in [-0.25, -0.2) is 9.50 Å². The summed E-state index contributed by atoms with van der Waals surface area (Å²) in [6.45, 7) is 3.21. The molecule has 1 saturated heterocycles. The van der Waals surface area contributed by atoms with E-state index in [0.29, 0.717) is 110 Å². The number of hydrogen-bond donors (Lipinski definition) is 4. The van der Waals surface area contributed by atoms with Gasteiger partial charge in [0.05, 0.1) is 45.7 Å². The summed E-state index contributed by atoms with van der Waals surface area (Å²) in [6.07, 6.45) is 6.01. The number of nitrogens with zero attached hydrogens (tertiary/aromatic N) is 5. The van der Waals surface area contributed by atoms with Gasteiger partial charge in [-0.05, 0) is 44.4 Å². The lowest BCUT2D eigenvalue weighted by molar-refractivity contribution is -0.119. The van der Waals surface area contributed by atoms with Crippen LogP contribution in [-0.4, -0.2) is 66.5 Å². The molecule has 0 spiro atoms. The molecule has 5 aromatic rings. The van der Waals surface area contributed by atoms with Crippen LogP contribution in [0.5, 0.6) is 5.88 Å². The topological polar surface area (TPSA) is 148 Å². The number of benzene rings is 1. The van der Waals surface area contributed by atoms with Crippen LogP contribution < -0.4 is 26.2 Å². The van der Waals surface area contributed by atoms with Crippen LogP contribution in [-0.2, 0) is 24.9 Å². The lowest BCUT2D eigenvalue weighted by Gasteiger charge is -2.41. The Morgan fingerprint density at radius 2 is 1.84 bits per heavy atom. The molecule has 1 amide bonds. The number of aliphatic hydroxyl groups is 1. The molecule has 0 radical (unpaired) electrons. The van der Waals surface area contributed by atoms with E-state index in [1.807, 2.05) is 25.1 Å². The molecule has 7 rings (SSSR count). The van der Waals surface area contributed by atoms with Crippen molar-refractivity contribution in [3.05, 3.63) is 85.6 Å². The van der Waals surface area contributed by atoms with E-state index in [4.69, 9.17) is 49.6 Å². The molecule has 2 aliphatic rings. The third kappa shape index (κ3) is 7.09. The van der Waals surface area contributed by atoms with Crippen LogP contribution in [0.4, 0.5) is 0 Å². The van der Waals surface area contributed by atoms with E-state index >= 15 is 0 Å². The highest BCUT2D eigenvalue weighted by Crippen LogP contribution is 2.42. The Bertz CT molecular complexity index is 2210. The van der Waals surface area contributed by atoms with E-state index in [1.165, 1.54) is 11.7 Å². The number of hydrogen-bond acceptors (Lipinski definition) is 9. The predicted octanol–water partition coefficient (Wildman–Crippen LogP) is 5.16. The zero-order chi connectivity index (χ0) is 36.0. The van der Waals surface area contributed by atoms with Crippen LogP contribution in [0.1, 0.15) is 44.0 Å². The summed E-state index contributed by atoms with van der Waals surface area (Å²) in [5.74, 6) is 0.988. The average molecular weight is 752 g/mol. The minimum atomic E-state index is -0.651. The van der Waals surface area contributed by atoms with Crippen LogP contribution in [0, 0.1) is 0 Å². The Kier molecular flexibility index (Phi) is 9.83. The number of ether oxygens (including phenoxy) is 1. The first-order chi connectivity index (χ1) is 24.4. The molecule has 1 atom stereocenters. The molecular formula is C36H37Cl3N8O4. The summed E-state index contributed by atoms with van der Waals surface area (Å²) in [4.78, 5) is 34.2. The Morgan fingerprint density at radius 1 is 1.08 bits per heavy atom. The maximum atomic E-state index is 13.3. The van der Waals surface area contributed by atoms with Crippen molar-refractivity contribution in [1.82, 2.24) is 40.1 Å². The third-order valence-corrected chi connectivity index (χ3v) is 10.7. The van der Waals surface area contributed by atoms with Crippen LogP contribution >= 0.6 is 34.8 Å². The third-order valence-electron chi connectivity index (χ3n) is 9.59. The minimum absolute atomic E-state index is 0.0641. The first-order valence-corrected chi connectivity index (χ1v) is 17.8. The van der Waals surface area contributed by atoms with Crippen LogP contribution in [0.15, 0.2) is 53.6 Å². The van der Waals surface area contributed by atoms with E-state index in [9.17, 15) is 14.7 Å². The molecule has 266 valence electrons. The molecule has 1 aliphatic carbocycles. The van der Waals surface area contributed by atoms with E-state index < -0.39 is 5.60 Å². The van der Waals surface area contributed by atoms with E-state index in [1.54, 1.807) is 42.2 Å². The van der Waals surface area contributed by atoms with E-state index in [-0.39, 0.29) is 23.6 Å². The molecule has 12 nitrogen and oxygen atoms in total. The first kappa shape index (κ1) is 35.4. The normalized spacial score (nSPS) is 20.1. The summed E-state index contributed by atoms with van der Waals surface area (Å²) in [6, 6.07) is 11.1. The lowest BCUT2D eigenvalue weighted by atomic mass is 9.77. The number of methoxy groups -OCH3 is 1. The van der Waals surface area contributed by atoms with E-state index in [2.05, 4.69) is 20.9 Å². The van der Waals surface area contributed by atoms with Gasteiger partial charge in [0.15, 0.2) is 0 Å². The number of aromatic nitrogens is 5. The van der Waals surface area contributed by atoms with Crippen LogP contribution in [0.2, 0.25) is 15.1 Å². The quantitative estimate of drug-likeness (QED) is 0.144. The van der Waals surface area contributed by atoms with Gasteiger partial charge in [-0.15, -0.1) is 0 Å². The molecular weight excluding hydrogens is 715 g/mol. The summed E-state index contributed by atoms with van der Waals surface area (Å²) >= 11 is 20.9. The highest BCUT2D eigenvalue weighted by Gasteiger charge is 2.38. The highest BCUT2D eigenvalue weighted by atomic mass is 35.5. The molecule has 0 unspecified atom stereocenters. The predicted molar refractivity (Wildman–Crippen MR) is 197 cm³/mol. The van der Waals surface area contributed by atoms with Crippen molar-refractivity contribution in [2.45, 2.75) is 63.4 Å². The SMILES string of the molecule is COc1nc(-c2cccc(-c3ccnc(-c4cc5c(=O)n(C)c(CNC6CC(C)(O)C6)nn5c4)c3Cl)c2Cl)cc(Cl)c1CNC[C@H]1CCC(=O)N1. The van der Waals surface area contributed by atoms with Crippen molar-refractivity contribution in [2.75, 3.05) is 13.7 Å². The van der Waals surface area contributed by atoms with Crippen molar-refractivity contribution >= 4 is 46.2 Å². The number of carbonyl (C=O) groups is 1. The Morgan fingerprint density at radius 3 is 2.57 bits per heavy atom. The number of nitrogens with one attached hydrogen (secondary N) is 3. The van der Waals surface area contributed by atoms with Gasteiger partial charge in [0, 0.05) is 78.9 Å². The number of halogens is 3. The Hall–Kier alpha value is -4.04. The number of fused-ring (bicyclic) bond motifs is 1. The summed E-state index contributed by atoms with van der Waals surface area (Å²) < 4.78 is 8.71. The Labute approximate surface area is 309 Å². The lowest BCUT2D eigenvalue weighted by Crippen LogP contribution is -2.51. The fourth-order valence-electron chi connectivity index (χ4n) is 6.82. The van der Waals surface area contributed by atoms with Crippen molar-refractivity contribution in [3.8, 4) is 39.5 Å². The average Bonchev–Trinajstić information content (AvgIpc) is 3.71. The monoisotopic (exact) mass is 750 g/mol. The van der Waals surface area contributed by atoms with Gasteiger partial charge in [0.25, 0.3) is 5.56 Å². The van der Waals surface area contributed by atoms with Gasteiger partial charge in [0.2, 0.25) is 11.8 Å². The molecule has 1 aromatic carbocycles. The molecule has 15 heteroatoms. The molecule has 51 heavy (non-hydrogen) atoms. The van der Waals surface area contributed by atoms with E-state index in [0.717, 1.165) is 6.42 Å². The van der Waals surface area contributed by atoms with Crippen molar-refractivity contribution < 1.29 is 14.6 Å². The van der Waals surface area contributed by atoms with Crippen LogP contribution in [0.3, 0.4) is 0 Å². The van der Waals surface area contributed by atoms with Gasteiger partial charge < -0.3 is 25.8 Å². The number of pyridine rings is 2. The van der Waals surface area contributed by atoms with Gasteiger partial charge in [0.1, 0.15) is 11.3 Å². The fraction of sp³-hybridized carbons (Fsp3) is 0.361. The van der Waals surface area contributed by atoms with Gasteiger partial charge in [-0.3, -0.25) is 19.1 Å². The molecule has 1 saturated carbocycles. The van der Waals surface area contributed by atoms with Crippen molar-refractivity contribution in [2.24, 2.45) is 7.05 Å².